The molecule has 0 aliphatic carbocycles. The second-order valence-corrected chi connectivity index (χ2v) is 14.7. The SMILES string of the molecule is C#CC#CC.C#CC#CC#CC#CC#COc1ccc(-c2cc(C)ccc2/C=C/c2cc(-c3ccc(OC#CC#C)c(OC#CC#C)c3)c(/C=C/c3cc(OC#CC#CC#CC#CC#C)c(/C=C/C)cc3OC)cc2OC)cc1. The molecule has 0 saturated heterocycles. The molecular weight excluding hydrogens is 973 g/mol. The quantitative estimate of drug-likeness (QED) is 0.0865. The van der Waals surface area contributed by atoms with Gasteiger partial charge >= 0.3 is 0 Å². The first kappa shape index (κ1) is 58.6. The number of rotatable bonds is 13. The van der Waals surface area contributed by atoms with E-state index in [1.165, 1.54) is 0 Å². The summed E-state index contributed by atoms with van der Waals surface area (Å²) in [4.78, 5) is 0. The Morgan fingerprint density at radius 1 is 0.354 bits per heavy atom. The van der Waals surface area contributed by atoms with Gasteiger partial charge in [-0.05, 0) is 174 Å². The lowest BCUT2D eigenvalue weighted by atomic mass is 9.93. The third-order valence-electron chi connectivity index (χ3n) is 9.72. The zero-order valence-electron chi connectivity index (χ0n) is 43.4. The maximum atomic E-state index is 6.05. The van der Waals surface area contributed by atoms with Crippen molar-refractivity contribution in [3.8, 4) is 249 Å². The number of aryl methyl sites for hydroxylation is 1. The molecule has 0 saturated carbocycles. The van der Waals surface area contributed by atoms with Gasteiger partial charge < -0.3 is 28.4 Å². The van der Waals surface area contributed by atoms with Gasteiger partial charge in [0.05, 0.1) is 14.2 Å². The molecular formula is C73H40O6. The van der Waals surface area contributed by atoms with Crippen molar-refractivity contribution in [1.29, 1.82) is 0 Å². The van der Waals surface area contributed by atoms with Gasteiger partial charge in [-0.2, -0.15) is 0 Å². The second-order valence-electron chi connectivity index (χ2n) is 14.7. The molecule has 5 rings (SSSR count). The first-order valence-corrected chi connectivity index (χ1v) is 22.9. The third-order valence-corrected chi connectivity index (χ3v) is 9.72. The Balaban J connectivity index is 0.00000257. The highest BCUT2D eigenvalue weighted by Crippen LogP contribution is 2.39. The molecule has 0 heterocycles. The van der Waals surface area contributed by atoms with Crippen LogP contribution in [0.15, 0.2) is 91.0 Å². The van der Waals surface area contributed by atoms with E-state index in [1.54, 1.807) is 33.3 Å². The summed E-state index contributed by atoms with van der Waals surface area (Å²) in [6.45, 7) is 5.64. The van der Waals surface area contributed by atoms with Crippen molar-refractivity contribution in [2.24, 2.45) is 0 Å². The van der Waals surface area contributed by atoms with Crippen LogP contribution in [0.3, 0.4) is 0 Å². The summed E-state index contributed by atoms with van der Waals surface area (Å²) in [6.07, 6.45) is 47.4. The molecule has 5 aromatic carbocycles. The molecule has 0 aliphatic heterocycles. The molecule has 0 bridgehead atoms. The van der Waals surface area contributed by atoms with Crippen molar-refractivity contribution in [3.63, 3.8) is 0 Å². The zero-order valence-corrected chi connectivity index (χ0v) is 43.4. The summed E-state index contributed by atoms with van der Waals surface area (Å²) in [5, 5.41) is 0. The van der Waals surface area contributed by atoms with Crippen LogP contribution >= 0.6 is 0 Å². The highest BCUT2D eigenvalue weighted by Gasteiger charge is 2.16. The van der Waals surface area contributed by atoms with E-state index in [0.717, 1.165) is 50.1 Å². The van der Waals surface area contributed by atoms with Gasteiger partial charge in [0.2, 0.25) is 0 Å². The Bertz CT molecular complexity index is 4200. The van der Waals surface area contributed by atoms with Crippen LogP contribution in [0.5, 0.6) is 34.5 Å². The van der Waals surface area contributed by atoms with Gasteiger partial charge in [-0.15, -0.1) is 32.1 Å². The molecule has 0 amide bonds. The topological polar surface area (TPSA) is 55.4 Å². The lowest BCUT2D eigenvalue weighted by molar-refractivity contribution is 0.412. The molecule has 0 fully saturated rings. The van der Waals surface area contributed by atoms with E-state index in [2.05, 4.69) is 179 Å². The summed E-state index contributed by atoms with van der Waals surface area (Å²) in [6, 6.07) is 26.8. The van der Waals surface area contributed by atoms with Gasteiger partial charge in [-0.1, -0.05) is 84.3 Å². The smallest absolute Gasteiger partial charge is 0.184 e. The molecule has 0 radical (unpaired) electrons. The number of terminal acetylenes is 5. The van der Waals surface area contributed by atoms with E-state index < -0.39 is 0 Å². The molecule has 5 aromatic rings. The van der Waals surface area contributed by atoms with Crippen LogP contribution in [0.2, 0.25) is 0 Å². The number of ether oxygens (including phenoxy) is 6. The minimum absolute atomic E-state index is 0.243. The highest BCUT2D eigenvalue weighted by atomic mass is 16.5. The minimum Gasteiger partial charge on any atom is -0.496 e. The van der Waals surface area contributed by atoms with Crippen LogP contribution in [0.25, 0.3) is 52.6 Å². The monoisotopic (exact) mass is 1010 g/mol. The summed E-state index contributed by atoms with van der Waals surface area (Å²) >= 11 is 0. The van der Waals surface area contributed by atoms with Crippen molar-refractivity contribution in [2.75, 3.05) is 14.2 Å². The maximum Gasteiger partial charge on any atom is 0.184 e. The molecule has 368 valence electrons. The number of hydrogen-bond acceptors (Lipinski definition) is 6. The van der Waals surface area contributed by atoms with Gasteiger partial charge in [0, 0.05) is 75.9 Å². The summed E-state index contributed by atoms with van der Waals surface area (Å²) in [5.74, 6) is 59.0. The van der Waals surface area contributed by atoms with Crippen molar-refractivity contribution >= 4 is 30.4 Å². The lowest BCUT2D eigenvalue weighted by Gasteiger charge is -2.15. The van der Waals surface area contributed by atoms with Crippen molar-refractivity contribution in [3.05, 3.63) is 124 Å². The van der Waals surface area contributed by atoms with Crippen LogP contribution in [0.1, 0.15) is 47.2 Å². The van der Waals surface area contributed by atoms with Gasteiger partial charge in [-0.25, -0.2) is 0 Å². The Morgan fingerprint density at radius 3 is 1.35 bits per heavy atom. The van der Waals surface area contributed by atoms with E-state index in [4.69, 9.17) is 60.5 Å². The second kappa shape index (κ2) is 34.4. The molecule has 0 aromatic heterocycles. The van der Waals surface area contributed by atoms with Crippen molar-refractivity contribution in [2.45, 2.75) is 20.8 Å². The van der Waals surface area contributed by atoms with Gasteiger partial charge in [-0.3, -0.25) is 0 Å². The molecule has 0 aliphatic rings. The van der Waals surface area contributed by atoms with Crippen LogP contribution < -0.4 is 28.4 Å². The van der Waals surface area contributed by atoms with Crippen LogP contribution in [0.4, 0.5) is 0 Å². The third kappa shape index (κ3) is 19.9. The lowest BCUT2D eigenvalue weighted by Crippen LogP contribution is -1.95. The number of allylic oxidation sites excluding steroid dienone is 1. The average Bonchev–Trinajstić information content (AvgIpc) is 3.50. The van der Waals surface area contributed by atoms with Crippen LogP contribution in [0, 0.1) is 200 Å². The van der Waals surface area contributed by atoms with Gasteiger partial charge in [0.25, 0.3) is 0 Å². The number of hydrogen-bond donors (Lipinski definition) is 0. The molecule has 0 N–H and O–H groups in total. The first-order chi connectivity index (χ1) is 38.8. The molecule has 6 nitrogen and oxygen atoms in total. The highest BCUT2D eigenvalue weighted by molar-refractivity contribution is 5.89. The van der Waals surface area contributed by atoms with E-state index in [9.17, 15) is 0 Å². The van der Waals surface area contributed by atoms with E-state index in [1.807, 2.05) is 105 Å². The molecule has 0 spiro atoms. The average molecular weight is 1010 g/mol. The Kier molecular flexibility index (Phi) is 25.6. The molecule has 0 atom stereocenters. The minimum atomic E-state index is 0.243. The molecule has 79 heavy (non-hydrogen) atoms. The fraction of sp³-hybridized carbons (Fsp3) is 0.0685. The summed E-state index contributed by atoms with van der Waals surface area (Å²) in [7, 11) is 3.20. The van der Waals surface area contributed by atoms with E-state index >= 15 is 0 Å². The van der Waals surface area contributed by atoms with Crippen molar-refractivity contribution in [1.82, 2.24) is 0 Å². The number of methoxy groups -OCH3 is 2. The van der Waals surface area contributed by atoms with Gasteiger partial charge in [0.15, 0.2) is 11.5 Å². The Hall–Kier alpha value is -12.9. The Morgan fingerprint density at radius 2 is 0.797 bits per heavy atom. The normalized spacial score (nSPS) is 8.51. The number of benzene rings is 5. The van der Waals surface area contributed by atoms with E-state index in [0.29, 0.717) is 28.6 Å². The predicted molar refractivity (Wildman–Crippen MR) is 318 cm³/mol. The predicted octanol–water partition coefficient (Wildman–Crippen LogP) is 11.3. The fourth-order valence-corrected chi connectivity index (χ4v) is 6.46. The van der Waals surface area contributed by atoms with Gasteiger partial charge in [0.1, 0.15) is 47.4 Å². The summed E-state index contributed by atoms with van der Waals surface area (Å²) in [5.41, 5.74) is 8.37. The van der Waals surface area contributed by atoms with E-state index in [-0.39, 0.29) is 11.5 Å². The largest absolute Gasteiger partial charge is 0.496 e. The Labute approximate surface area is 465 Å². The zero-order chi connectivity index (χ0) is 56.7. The summed E-state index contributed by atoms with van der Waals surface area (Å²) < 4.78 is 34.8. The first-order valence-electron chi connectivity index (χ1n) is 22.9. The van der Waals surface area contributed by atoms with Crippen molar-refractivity contribution < 1.29 is 28.4 Å². The van der Waals surface area contributed by atoms with Crippen LogP contribution in [-0.2, 0) is 0 Å². The maximum absolute atomic E-state index is 6.05. The molecule has 6 heteroatoms. The molecule has 0 unspecified atom stereocenters. The fourth-order valence-electron chi connectivity index (χ4n) is 6.46. The van der Waals surface area contributed by atoms with Crippen LogP contribution in [-0.4, -0.2) is 14.2 Å². The standard InChI is InChI=1S/C68H36O6.C5H4/c1-9-14-18-20-22-24-26-28-45-71-61-40-37-55(38-41-61)62-47-53(6)31-32-54(62)33-35-59-48-63(57-39-42-64(72-43-16-11-3)68(50-57)74-44-17-12-4)56(49-65(59)69-7)34-36-60-52-67(58(30-13-5)51-66(60)70-8)73-46-29-27-25-23-21-19-15-10-2;1-3-5-4-2/h1-4,13,30-42,47-52H,5-8H3;1H,2H3/b30-13+,35-33+,36-34+;.